The van der Waals surface area contributed by atoms with Gasteiger partial charge in [0, 0.05) is 32.8 Å². The highest BCUT2D eigenvalue weighted by atomic mass is 19.3. The molecule has 0 saturated carbocycles. The van der Waals surface area contributed by atoms with E-state index < -0.39 is 6.61 Å². The first-order chi connectivity index (χ1) is 10.7. The van der Waals surface area contributed by atoms with E-state index in [4.69, 9.17) is 9.84 Å². The fourth-order valence-electron chi connectivity index (χ4n) is 2.63. The second kappa shape index (κ2) is 9.02. The molecule has 0 aromatic heterocycles. The molecule has 1 heterocycles. The van der Waals surface area contributed by atoms with E-state index in [9.17, 15) is 8.78 Å². The van der Waals surface area contributed by atoms with Gasteiger partial charge in [0.2, 0.25) is 0 Å². The summed E-state index contributed by atoms with van der Waals surface area (Å²) in [7, 11) is 0. The number of piperidine rings is 1. The predicted octanol–water partition coefficient (Wildman–Crippen LogP) is 2.65. The Labute approximate surface area is 129 Å². The minimum absolute atomic E-state index is 0.163. The number of rotatable bonds is 8. The van der Waals surface area contributed by atoms with Crippen molar-refractivity contribution in [2.24, 2.45) is 0 Å². The Hall–Kier alpha value is -1.24. The summed E-state index contributed by atoms with van der Waals surface area (Å²) in [4.78, 5) is 2.29. The van der Waals surface area contributed by atoms with E-state index in [0.717, 1.165) is 38.0 Å². The summed E-state index contributed by atoms with van der Waals surface area (Å²) in [5.41, 5.74) is 0.970. The van der Waals surface area contributed by atoms with Crippen LogP contribution in [0, 0.1) is 0 Å². The Morgan fingerprint density at radius 1 is 1.27 bits per heavy atom. The van der Waals surface area contributed by atoms with Crippen LogP contribution >= 0.6 is 0 Å². The quantitative estimate of drug-likeness (QED) is 0.749. The SMILES string of the molecule is OCCCOC1CCN(Cc2cccc(OC(F)F)c2)CC1. The monoisotopic (exact) mass is 315 g/mol. The largest absolute Gasteiger partial charge is 0.435 e. The van der Waals surface area contributed by atoms with Crippen LogP contribution in [0.2, 0.25) is 0 Å². The lowest BCUT2D eigenvalue weighted by molar-refractivity contribution is -0.0499. The van der Waals surface area contributed by atoms with Crippen molar-refractivity contribution in [2.45, 2.75) is 38.5 Å². The zero-order valence-electron chi connectivity index (χ0n) is 12.6. The molecule has 1 aromatic carbocycles. The molecule has 1 fully saturated rings. The van der Waals surface area contributed by atoms with Gasteiger partial charge in [-0.25, -0.2) is 0 Å². The second-order valence-corrected chi connectivity index (χ2v) is 5.45. The number of nitrogens with zero attached hydrogens (tertiary/aromatic N) is 1. The molecule has 1 saturated heterocycles. The maximum Gasteiger partial charge on any atom is 0.387 e. The van der Waals surface area contributed by atoms with Crippen molar-refractivity contribution in [2.75, 3.05) is 26.3 Å². The van der Waals surface area contributed by atoms with Crippen molar-refractivity contribution in [3.05, 3.63) is 29.8 Å². The summed E-state index contributed by atoms with van der Waals surface area (Å²) in [5.74, 6) is 0.203. The number of ether oxygens (including phenoxy) is 2. The number of benzene rings is 1. The van der Waals surface area contributed by atoms with Crippen LogP contribution in [0.3, 0.4) is 0 Å². The lowest BCUT2D eigenvalue weighted by Crippen LogP contribution is -2.36. The molecular weight excluding hydrogens is 292 g/mol. The van der Waals surface area contributed by atoms with Gasteiger partial charge in [-0.15, -0.1) is 0 Å². The van der Waals surface area contributed by atoms with E-state index >= 15 is 0 Å². The highest BCUT2D eigenvalue weighted by molar-refractivity contribution is 5.28. The summed E-state index contributed by atoms with van der Waals surface area (Å²) < 4.78 is 34.6. The van der Waals surface area contributed by atoms with Crippen molar-refractivity contribution in [1.82, 2.24) is 4.90 Å². The molecule has 0 amide bonds. The number of aliphatic hydroxyl groups is 1. The van der Waals surface area contributed by atoms with E-state index in [0.29, 0.717) is 13.0 Å². The van der Waals surface area contributed by atoms with Gasteiger partial charge in [-0.05, 0) is 37.0 Å². The fraction of sp³-hybridized carbons (Fsp3) is 0.625. The van der Waals surface area contributed by atoms with Gasteiger partial charge in [-0.2, -0.15) is 8.78 Å². The van der Waals surface area contributed by atoms with Gasteiger partial charge in [-0.3, -0.25) is 4.90 Å². The molecule has 0 unspecified atom stereocenters. The van der Waals surface area contributed by atoms with Crippen LogP contribution in [0.25, 0.3) is 0 Å². The van der Waals surface area contributed by atoms with Crippen molar-refractivity contribution < 1.29 is 23.4 Å². The van der Waals surface area contributed by atoms with Crippen molar-refractivity contribution >= 4 is 0 Å². The third-order valence-electron chi connectivity index (χ3n) is 3.72. The van der Waals surface area contributed by atoms with Gasteiger partial charge in [0.25, 0.3) is 0 Å². The second-order valence-electron chi connectivity index (χ2n) is 5.45. The number of likely N-dealkylation sites (tertiary alicyclic amines) is 1. The molecule has 1 aliphatic rings. The Morgan fingerprint density at radius 2 is 2.05 bits per heavy atom. The first-order valence-electron chi connectivity index (χ1n) is 7.66. The van der Waals surface area contributed by atoms with E-state index in [2.05, 4.69) is 9.64 Å². The van der Waals surface area contributed by atoms with Crippen LogP contribution < -0.4 is 4.74 Å². The van der Waals surface area contributed by atoms with Crippen molar-refractivity contribution in [3.8, 4) is 5.75 Å². The standard InChI is InChI=1S/C16H23F2NO3/c17-16(18)22-15-4-1-3-13(11-15)12-19-7-5-14(6-8-19)21-10-2-9-20/h1,3-4,11,14,16,20H,2,5-10,12H2. The lowest BCUT2D eigenvalue weighted by atomic mass is 10.1. The van der Waals surface area contributed by atoms with Crippen LogP contribution in [0.1, 0.15) is 24.8 Å². The maximum absolute atomic E-state index is 12.2. The van der Waals surface area contributed by atoms with Gasteiger partial charge in [0.1, 0.15) is 5.75 Å². The van der Waals surface area contributed by atoms with Gasteiger partial charge >= 0.3 is 6.61 Å². The molecule has 1 aromatic rings. The number of halogens is 2. The molecule has 0 radical (unpaired) electrons. The molecule has 4 nitrogen and oxygen atoms in total. The summed E-state index contributed by atoms with van der Waals surface area (Å²) in [5, 5.41) is 8.73. The first-order valence-corrected chi connectivity index (χ1v) is 7.66. The van der Waals surface area contributed by atoms with Gasteiger partial charge < -0.3 is 14.6 Å². The molecule has 1 aliphatic heterocycles. The third kappa shape index (κ3) is 5.87. The Bertz CT molecular complexity index is 437. The molecule has 1 N–H and O–H groups in total. The molecule has 2 rings (SSSR count). The van der Waals surface area contributed by atoms with Crippen LogP contribution in [-0.4, -0.2) is 49.0 Å². The van der Waals surface area contributed by atoms with Crippen LogP contribution in [0.15, 0.2) is 24.3 Å². The number of alkyl halides is 2. The van der Waals surface area contributed by atoms with E-state index in [-0.39, 0.29) is 18.5 Å². The molecule has 124 valence electrons. The number of aliphatic hydroxyl groups excluding tert-OH is 1. The smallest absolute Gasteiger partial charge is 0.387 e. The molecule has 22 heavy (non-hydrogen) atoms. The van der Waals surface area contributed by atoms with E-state index in [1.54, 1.807) is 12.1 Å². The third-order valence-corrected chi connectivity index (χ3v) is 3.72. The van der Waals surface area contributed by atoms with Gasteiger partial charge in [0.05, 0.1) is 6.10 Å². The zero-order valence-corrected chi connectivity index (χ0v) is 12.6. The van der Waals surface area contributed by atoms with Crippen LogP contribution in [0.4, 0.5) is 8.78 Å². The number of hydrogen-bond acceptors (Lipinski definition) is 4. The van der Waals surface area contributed by atoms with Crippen LogP contribution in [0.5, 0.6) is 5.75 Å². The molecule has 0 bridgehead atoms. The summed E-state index contributed by atoms with van der Waals surface area (Å²) in [6.45, 7) is 0.545. The van der Waals surface area contributed by atoms with E-state index in [1.165, 1.54) is 6.07 Å². The highest BCUT2D eigenvalue weighted by Gasteiger charge is 2.19. The summed E-state index contributed by atoms with van der Waals surface area (Å²) >= 11 is 0. The van der Waals surface area contributed by atoms with Crippen molar-refractivity contribution in [1.29, 1.82) is 0 Å². The van der Waals surface area contributed by atoms with E-state index in [1.807, 2.05) is 6.07 Å². The normalized spacial score (nSPS) is 17.1. The first kappa shape index (κ1) is 17.1. The summed E-state index contributed by atoms with van der Waals surface area (Å²) in [6.07, 6.45) is 2.85. The Balaban J connectivity index is 1.76. The number of hydrogen-bond donors (Lipinski definition) is 1. The Kier molecular flexibility index (Phi) is 7.02. The molecule has 0 aliphatic carbocycles. The Morgan fingerprint density at radius 3 is 2.73 bits per heavy atom. The maximum atomic E-state index is 12.2. The minimum atomic E-state index is -2.79. The fourth-order valence-corrected chi connectivity index (χ4v) is 2.63. The predicted molar refractivity (Wildman–Crippen MR) is 79.0 cm³/mol. The lowest BCUT2D eigenvalue weighted by Gasteiger charge is -2.32. The molecule has 0 spiro atoms. The average molecular weight is 315 g/mol. The topological polar surface area (TPSA) is 41.9 Å². The molecular formula is C16H23F2NO3. The molecule has 0 atom stereocenters. The van der Waals surface area contributed by atoms with Crippen LogP contribution in [-0.2, 0) is 11.3 Å². The average Bonchev–Trinajstić information content (AvgIpc) is 2.49. The molecule has 6 heteroatoms. The van der Waals surface area contributed by atoms with Crippen molar-refractivity contribution in [3.63, 3.8) is 0 Å². The van der Waals surface area contributed by atoms with Gasteiger partial charge in [-0.1, -0.05) is 12.1 Å². The zero-order chi connectivity index (χ0) is 15.8. The van der Waals surface area contributed by atoms with Gasteiger partial charge in [0.15, 0.2) is 0 Å². The highest BCUT2D eigenvalue weighted by Crippen LogP contribution is 2.20. The minimum Gasteiger partial charge on any atom is -0.435 e. The summed E-state index contributed by atoms with van der Waals surface area (Å²) in [6, 6.07) is 6.85.